The topological polar surface area (TPSA) is 80.9 Å². The van der Waals surface area contributed by atoms with E-state index in [2.05, 4.69) is 15.3 Å². The highest BCUT2D eigenvalue weighted by Gasteiger charge is 2.07. The van der Waals surface area contributed by atoms with E-state index in [9.17, 15) is 4.79 Å². The zero-order valence-electron chi connectivity index (χ0n) is 8.97. The van der Waals surface area contributed by atoms with Gasteiger partial charge < -0.3 is 11.1 Å². The van der Waals surface area contributed by atoms with Crippen LogP contribution in [0.15, 0.2) is 10.8 Å². The molecule has 17 heavy (non-hydrogen) atoms. The molecule has 2 aromatic heterocycles. The van der Waals surface area contributed by atoms with Crippen molar-refractivity contribution >= 4 is 46.1 Å². The fraction of sp³-hybridized carbons (Fsp3) is 0.222. The number of carbonyl (C=O) groups is 1. The van der Waals surface area contributed by atoms with Gasteiger partial charge in [-0.05, 0) is 0 Å². The summed E-state index contributed by atoms with van der Waals surface area (Å²) < 4.78 is 0. The maximum Gasteiger partial charge on any atom is 0.217 e. The van der Waals surface area contributed by atoms with Gasteiger partial charge >= 0.3 is 0 Å². The lowest BCUT2D eigenvalue weighted by molar-refractivity contribution is -0.119. The normalized spacial score (nSPS) is 9.71. The van der Waals surface area contributed by atoms with Crippen molar-refractivity contribution in [2.75, 3.05) is 5.73 Å². The average molecular weight is 291 g/mol. The highest BCUT2D eigenvalue weighted by molar-refractivity contribution is 7.14. The first-order valence-electron chi connectivity index (χ1n) is 4.55. The van der Waals surface area contributed by atoms with E-state index in [0.717, 1.165) is 16.4 Å². The number of carbonyl (C=O) groups excluding carboxylic acids is 1. The van der Waals surface area contributed by atoms with Crippen LogP contribution in [0.2, 0.25) is 0 Å². The number of amides is 1. The van der Waals surface area contributed by atoms with Crippen LogP contribution < -0.4 is 11.1 Å². The van der Waals surface area contributed by atoms with Gasteiger partial charge in [-0.15, -0.1) is 35.1 Å². The van der Waals surface area contributed by atoms with Crippen molar-refractivity contribution in [1.82, 2.24) is 15.3 Å². The summed E-state index contributed by atoms with van der Waals surface area (Å²) in [5, 5.41) is 7.87. The van der Waals surface area contributed by atoms with Crippen molar-refractivity contribution < 1.29 is 4.79 Å². The Kier molecular flexibility index (Phi) is 4.86. The summed E-state index contributed by atoms with van der Waals surface area (Å²) in [5.41, 5.74) is 7.14. The molecule has 0 unspecified atom stereocenters. The summed E-state index contributed by atoms with van der Waals surface area (Å²) in [4.78, 5) is 19.2. The molecule has 2 rings (SSSR count). The molecule has 0 aliphatic carbocycles. The molecule has 0 radical (unpaired) electrons. The number of anilines is 1. The van der Waals surface area contributed by atoms with E-state index < -0.39 is 0 Å². The Labute approximate surface area is 113 Å². The fourth-order valence-corrected chi connectivity index (χ4v) is 2.40. The van der Waals surface area contributed by atoms with Gasteiger partial charge in [-0.3, -0.25) is 4.79 Å². The van der Waals surface area contributed by atoms with Crippen LogP contribution in [0.3, 0.4) is 0 Å². The van der Waals surface area contributed by atoms with Crippen LogP contribution in [0.5, 0.6) is 0 Å². The van der Waals surface area contributed by atoms with E-state index in [1.165, 1.54) is 29.6 Å². The lowest BCUT2D eigenvalue weighted by Crippen LogP contribution is -2.18. The predicted octanol–water partition coefficient (Wildman–Crippen LogP) is 1.91. The summed E-state index contributed by atoms with van der Waals surface area (Å²) in [7, 11) is 0. The molecular formula is C9H11ClN4OS2. The van der Waals surface area contributed by atoms with E-state index in [1.807, 2.05) is 10.8 Å². The van der Waals surface area contributed by atoms with Gasteiger partial charge in [0.15, 0.2) is 5.13 Å². The summed E-state index contributed by atoms with van der Waals surface area (Å²) >= 11 is 2.88. The van der Waals surface area contributed by atoms with Crippen LogP contribution in [0, 0.1) is 0 Å². The largest absolute Gasteiger partial charge is 0.375 e. The highest BCUT2D eigenvalue weighted by Crippen LogP contribution is 2.24. The minimum absolute atomic E-state index is 0. The van der Waals surface area contributed by atoms with Gasteiger partial charge in [0.05, 0.1) is 6.54 Å². The van der Waals surface area contributed by atoms with E-state index >= 15 is 0 Å². The quantitative estimate of drug-likeness (QED) is 0.905. The van der Waals surface area contributed by atoms with E-state index in [1.54, 1.807) is 0 Å². The minimum Gasteiger partial charge on any atom is -0.375 e. The van der Waals surface area contributed by atoms with Crippen LogP contribution >= 0.6 is 35.1 Å². The van der Waals surface area contributed by atoms with Gasteiger partial charge in [0.25, 0.3) is 0 Å². The van der Waals surface area contributed by atoms with Crippen molar-refractivity contribution in [2.45, 2.75) is 13.5 Å². The molecule has 0 spiro atoms. The number of rotatable bonds is 3. The molecule has 0 aliphatic rings. The number of nitrogens with zero attached hydrogens (tertiary/aromatic N) is 2. The molecule has 8 heteroatoms. The number of nitrogens with two attached hydrogens (primary N) is 1. The Balaban J connectivity index is 0.00000144. The second-order valence-electron chi connectivity index (χ2n) is 3.11. The highest BCUT2D eigenvalue weighted by atomic mass is 35.5. The molecule has 2 aromatic rings. The van der Waals surface area contributed by atoms with E-state index in [0.29, 0.717) is 11.7 Å². The number of hydrogen-bond donors (Lipinski definition) is 2. The smallest absolute Gasteiger partial charge is 0.217 e. The molecule has 3 N–H and O–H groups in total. The minimum atomic E-state index is -0.0605. The molecule has 0 aromatic carbocycles. The molecule has 0 fully saturated rings. The van der Waals surface area contributed by atoms with Crippen molar-refractivity contribution in [3.8, 4) is 11.4 Å². The van der Waals surface area contributed by atoms with E-state index in [-0.39, 0.29) is 18.3 Å². The second kappa shape index (κ2) is 5.95. The van der Waals surface area contributed by atoms with Gasteiger partial charge in [-0.1, -0.05) is 0 Å². The van der Waals surface area contributed by atoms with Crippen LogP contribution in [0.4, 0.5) is 5.13 Å². The Morgan fingerprint density at radius 1 is 1.35 bits per heavy atom. The zero-order valence-corrected chi connectivity index (χ0v) is 11.4. The number of thiazole rings is 2. The van der Waals surface area contributed by atoms with Gasteiger partial charge in [-0.25, -0.2) is 9.97 Å². The number of halogens is 1. The number of nitrogens with one attached hydrogen (secondary N) is 1. The van der Waals surface area contributed by atoms with Crippen LogP contribution in [-0.4, -0.2) is 15.9 Å². The molecule has 5 nitrogen and oxygen atoms in total. The first-order valence-corrected chi connectivity index (χ1v) is 6.31. The third-order valence-electron chi connectivity index (χ3n) is 1.82. The van der Waals surface area contributed by atoms with Gasteiger partial charge in [0.2, 0.25) is 5.91 Å². The Hall–Kier alpha value is -1.18. The maximum absolute atomic E-state index is 10.7. The monoisotopic (exact) mass is 290 g/mol. The molecule has 0 bridgehead atoms. The Bertz CT molecular complexity index is 511. The molecule has 92 valence electrons. The Morgan fingerprint density at radius 3 is 2.59 bits per heavy atom. The van der Waals surface area contributed by atoms with Gasteiger partial charge in [0.1, 0.15) is 16.4 Å². The first kappa shape index (κ1) is 13.9. The van der Waals surface area contributed by atoms with Crippen LogP contribution in [0.1, 0.15) is 11.9 Å². The average Bonchev–Trinajstić information content (AvgIpc) is 2.83. The van der Waals surface area contributed by atoms with Gasteiger partial charge in [0, 0.05) is 17.7 Å². The SMILES string of the molecule is CC(=O)NCc1nc(-c2csc(N)n2)cs1.Cl. The summed E-state index contributed by atoms with van der Waals surface area (Å²) in [6, 6.07) is 0. The number of aromatic nitrogens is 2. The lowest BCUT2D eigenvalue weighted by atomic mass is 10.4. The van der Waals surface area contributed by atoms with Crippen molar-refractivity contribution in [2.24, 2.45) is 0 Å². The second-order valence-corrected chi connectivity index (χ2v) is 4.94. The Morgan fingerprint density at radius 2 is 2.00 bits per heavy atom. The molecular weight excluding hydrogens is 280 g/mol. The molecule has 0 aliphatic heterocycles. The van der Waals surface area contributed by atoms with Crippen molar-refractivity contribution in [3.63, 3.8) is 0 Å². The summed E-state index contributed by atoms with van der Waals surface area (Å²) in [6.07, 6.45) is 0. The lowest BCUT2D eigenvalue weighted by Gasteiger charge is -1.95. The first-order chi connectivity index (χ1) is 7.65. The van der Waals surface area contributed by atoms with Gasteiger partial charge in [-0.2, -0.15) is 0 Å². The fourth-order valence-electron chi connectivity index (χ4n) is 1.12. The molecule has 1 amide bonds. The standard InChI is InChI=1S/C9H10N4OS2.ClH/c1-5(14)11-2-8-12-6(3-15-8)7-4-16-9(10)13-7;/h3-4H,2H2,1H3,(H2,10,13)(H,11,14);1H. The van der Waals surface area contributed by atoms with E-state index in [4.69, 9.17) is 5.73 Å². The number of nitrogen functional groups attached to an aromatic ring is 1. The van der Waals surface area contributed by atoms with Crippen LogP contribution in [-0.2, 0) is 11.3 Å². The molecule has 0 atom stereocenters. The number of hydrogen-bond acceptors (Lipinski definition) is 6. The molecule has 0 saturated carbocycles. The van der Waals surface area contributed by atoms with Crippen LogP contribution in [0.25, 0.3) is 11.4 Å². The predicted molar refractivity (Wildman–Crippen MR) is 72.4 cm³/mol. The third-order valence-corrected chi connectivity index (χ3v) is 3.35. The van der Waals surface area contributed by atoms with Crippen molar-refractivity contribution in [3.05, 3.63) is 15.8 Å². The third kappa shape index (κ3) is 3.65. The summed E-state index contributed by atoms with van der Waals surface area (Å²) in [6.45, 7) is 1.94. The molecule has 2 heterocycles. The zero-order chi connectivity index (χ0) is 11.5. The van der Waals surface area contributed by atoms with Crippen molar-refractivity contribution in [1.29, 1.82) is 0 Å². The molecule has 0 saturated heterocycles. The summed E-state index contributed by atoms with van der Waals surface area (Å²) in [5.74, 6) is -0.0605. The maximum atomic E-state index is 10.7.